The van der Waals surface area contributed by atoms with Gasteiger partial charge < -0.3 is 0 Å². The number of allylic oxidation sites excluding steroid dienone is 2. The highest BCUT2D eigenvalue weighted by molar-refractivity contribution is 6.17. The molecule has 1 rings (SSSR count). The van der Waals surface area contributed by atoms with Crippen LogP contribution in [0, 0.1) is 22.7 Å². The van der Waals surface area contributed by atoms with Crippen molar-refractivity contribution in [3.05, 3.63) is 11.7 Å². The third kappa shape index (κ3) is 2.23. The summed E-state index contributed by atoms with van der Waals surface area (Å²) in [5, 5.41) is 14.5. The monoisotopic (exact) mass is 262 g/mol. The van der Waals surface area contributed by atoms with Crippen LogP contribution in [0.25, 0.3) is 0 Å². The zero-order valence-corrected chi connectivity index (χ0v) is 9.22. The molecule has 0 fully saturated rings. The van der Waals surface area contributed by atoms with Crippen molar-refractivity contribution in [2.24, 2.45) is 0 Å². The molecule has 0 aromatic carbocycles. The molecule has 0 amide bonds. The van der Waals surface area contributed by atoms with Gasteiger partial charge in [0.25, 0.3) is 0 Å². The Morgan fingerprint density at radius 2 is 1.11 bits per heavy atom. The minimum Gasteiger partial charge on any atom is -0.288 e. The number of nitriles is 2. The summed E-state index contributed by atoms with van der Waals surface area (Å²) in [5.74, 6) is -8.29. The van der Waals surface area contributed by atoms with Crippen LogP contribution in [0.2, 0.25) is 0 Å². The van der Waals surface area contributed by atoms with Gasteiger partial charge in [-0.3, -0.25) is 9.59 Å². The van der Waals surface area contributed by atoms with E-state index >= 15 is 0 Å². The second-order valence-corrected chi connectivity index (χ2v) is 3.52. The SMILES string of the molecule is CC1(F)C(=O)C(F)=C(F)C(=O)C1(C)F.N#CC#N. The highest BCUT2D eigenvalue weighted by Crippen LogP contribution is 2.41. The molecule has 2 unspecified atom stereocenters. The average Bonchev–Trinajstić information content (AvgIpc) is 2.33. The molecule has 18 heavy (non-hydrogen) atoms. The summed E-state index contributed by atoms with van der Waals surface area (Å²) in [7, 11) is 0. The molecule has 1 aliphatic carbocycles. The van der Waals surface area contributed by atoms with Crippen LogP contribution in [0.15, 0.2) is 11.7 Å². The molecule has 1 aliphatic rings. The Morgan fingerprint density at radius 1 is 0.889 bits per heavy atom. The molecular formula is C10H6F4N2O2. The molecule has 0 saturated heterocycles. The van der Waals surface area contributed by atoms with E-state index in [4.69, 9.17) is 10.5 Å². The lowest BCUT2D eigenvalue weighted by atomic mass is 9.77. The third-order valence-electron chi connectivity index (χ3n) is 2.38. The molecule has 8 heteroatoms. The molecule has 96 valence electrons. The Bertz CT molecular complexity index is 463. The zero-order valence-electron chi connectivity index (χ0n) is 9.22. The van der Waals surface area contributed by atoms with E-state index in [0.717, 1.165) is 0 Å². The van der Waals surface area contributed by atoms with Crippen LogP contribution in [-0.2, 0) is 9.59 Å². The van der Waals surface area contributed by atoms with Crippen molar-refractivity contribution in [1.29, 1.82) is 10.5 Å². The van der Waals surface area contributed by atoms with E-state index in [0.29, 0.717) is 13.8 Å². The van der Waals surface area contributed by atoms with Gasteiger partial charge >= 0.3 is 0 Å². The van der Waals surface area contributed by atoms with Crippen LogP contribution in [0.1, 0.15) is 13.8 Å². The minimum atomic E-state index is -3.37. The molecule has 0 radical (unpaired) electrons. The van der Waals surface area contributed by atoms with E-state index in [1.54, 1.807) is 0 Å². The predicted octanol–water partition coefficient (Wildman–Crippen LogP) is 1.78. The maximum absolute atomic E-state index is 13.3. The Balaban J connectivity index is 0.000000631. The van der Waals surface area contributed by atoms with Gasteiger partial charge in [-0.15, -0.1) is 0 Å². The van der Waals surface area contributed by atoms with Crippen molar-refractivity contribution < 1.29 is 27.2 Å². The quantitative estimate of drug-likeness (QED) is 0.623. The fourth-order valence-electron chi connectivity index (χ4n) is 1.04. The van der Waals surface area contributed by atoms with E-state index in [1.165, 1.54) is 12.1 Å². The van der Waals surface area contributed by atoms with Gasteiger partial charge in [-0.05, 0) is 13.8 Å². The van der Waals surface area contributed by atoms with Crippen molar-refractivity contribution in [2.45, 2.75) is 25.2 Å². The predicted molar refractivity (Wildman–Crippen MR) is 49.5 cm³/mol. The van der Waals surface area contributed by atoms with Crippen molar-refractivity contribution in [3.63, 3.8) is 0 Å². The molecule has 0 saturated carbocycles. The summed E-state index contributed by atoms with van der Waals surface area (Å²) in [4.78, 5) is 21.6. The number of ketones is 2. The first-order valence-corrected chi connectivity index (χ1v) is 4.36. The number of alkyl halides is 2. The average molecular weight is 262 g/mol. The standard InChI is InChI=1S/C8H6F4O2.C2N2/c1-7(11)5(13)3(9)4(10)6(14)8(7,2)12;3-1-2-4/h1-2H3;. The normalized spacial score (nSPS) is 31.1. The molecule has 2 atom stereocenters. The highest BCUT2D eigenvalue weighted by atomic mass is 19.2. The topological polar surface area (TPSA) is 81.7 Å². The first-order chi connectivity index (χ1) is 8.05. The molecule has 0 aromatic rings. The van der Waals surface area contributed by atoms with Gasteiger partial charge in [0.05, 0.1) is 0 Å². The molecule has 0 aliphatic heterocycles. The van der Waals surface area contributed by atoms with Gasteiger partial charge in [-0.1, -0.05) is 0 Å². The third-order valence-corrected chi connectivity index (χ3v) is 2.38. The lowest BCUT2D eigenvalue weighted by Gasteiger charge is -2.33. The van der Waals surface area contributed by atoms with E-state index < -0.39 is 34.6 Å². The number of carbonyl (C=O) groups is 2. The number of rotatable bonds is 0. The summed E-state index contributed by atoms with van der Waals surface area (Å²) < 4.78 is 51.8. The minimum absolute atomic E-state index is 0.402. The number of Topliss-reactive ketones (excluding diaryl/α,β-unsaturated/α-hetero) is 2. The first-order valence-electron chi connectivity index (χ1n) is 4.36. The van der Waals surface area contributed by atoms with E-state index in [9.17, 15) is 27.2 Å². The van der Waals surface area contributed by atoms with Crippen molar-refractivity contribution in [1.82, 2.24) is 0 Å². The Morgan fingerprint density at radius 3 is 1.28 bits per heavy atom. The van der Waals surface area contributed by atoms with Gasteiger partial charge in [-0.25, -0.2) is 8.78 Å². The largest absolute Gasteiger partial charge is 0.288 e. The van der Waals surface area contributed by atoms with Gasteiger partial charge in [0.1, 0.15) is 0 Å². The second kappa shape index (κ2) is 4.96. The maximum Gasteiger partial charge on any atom is 0.234 e. The van der Waals surface area contributed by atoms with Crippen LogP contribution in [-0.4, -0.2) is 22.9 Å². The zero-order chi connectivity index (χ0) is 14.7. The van der Waals surface area contributed by atoms with Crippen LogP contribution < -0.4 is 0 Å². The number of nitrogens with zero attached hydrogens (tertiary/aromatic N) is 2. The summed E-state index contributed by atoms with van der Waals surface area (Å²) in [6, 6.07) is 2.47. The van der Waals surface area contributed by atoms with Gasteiger partial charge in [0.2, 0.25) is 34.6 Å². The number of carbonyl (C=O) groups excluding carboxylic acids is 2. The Hall–Kier alpha value is -2.22. The van der Waals surface area contributed by atoms with E-state index in [2.05, 4.69) is 0 Å². The van der Waals surface area contributed by atoms with Crippen LogP contribution >= 0.6 is 0 Å². The summed E-state index contributed by atoms with van der Waals surface area (Å²) in [5.41, 5.74) is -6.74. The molecule has 0 bridgehead atoms. The van der Waals surface area contributed by atoms with Gasteiger partial charge in [0, 0.05) is 0 Å². The van der Waals surface area contributed by atoms with E-state index in [1.807, 2.05) is 0 Å². The Kier molecular flexibility index (Phi) is 4.35. The summed E-state index contributed by atoms with van der Waals surface area (Å²) >= 11 is 0. The number of hydrogen-bond acceptors (Lipinski definition) is 4. The van der Waals surface area contributed by atoms with Crippen LogP contribution in [0.5, 0.6) is 0 Å². The molecule has 0 aromatic heterocycles. The van der Waals surface area contributed by atoms with Gasteiger partial charge in [0.15, 0.2) is 12.1 Å². The highest BCUT2D eigenvalue weighted by Gasteiger charge is 2.63. The van der Waals surface area contributed by atoms with E-state index in [-0.39, 0.29) is 0 Å². The lowest BCUT2D eigenvalue weighted by molar-refractivity contribution is -0.152. The fourth-order valence-corrected chi connectivity index (χ4v) is 1.04. The molecule has 0 heterocycles. The lowest BCUT2D eigenvalue weighted by Crippen LogP contribution is -2.57. The van der Waals surface area contributed by atoms with Crippen molar-refractivity contribution in [2.75, 3.05) is 0 Å². The number of hydrogen-bond donors (Lipinski definition) is 0. The van der Waals surface area contributed by atoms with Crippen molar-refractivity contribution in [3.8, 4) is 12.1 Å². The van der Waals surface area contributed by atoms with Crippen LogP contribution in [0.4, 0.5) is 17.6 Å². The Labute approximate surface area is 99.1 Å². The first kappa shape index (κ1) is 15.8. The molecular weight excluding hydrogens is 256 g/mol. The maximum atomic E-state index is 13.3. The second-order valence-electron chi connectivity index (χ2n) is 3.52. The summed E-state index contributed by atoms with van der Waals surface area (Å²) in [6.07, 6.45) is 0. The molecule has 4 nitrogen and oxygen atoms in total. The summed E-state index contributed by atoms with van der Waals surface area (Å²) in [6.45, 7) is 0.804. The fraction of sp³-hybridized carbons (Fsp3) is 0.400. The molecule has 0 N–H and O–H groups in total. The van der Waals surface area contributed by atoms with Gasteiger partial charge in [-0.2, -0.15) is 19.3 Å². The number of halogens is 4. The smallest absolute Gasteiger partial charge is 0.234 e. The molecule has 0 spiro atoms. The van der Waals surface area contributed by atoms with Crippen molar-refractivity contribution >= 4 is 11.6 Å². The van der Waals surface area contributed by atoms with Crippen LogP contribution in [0.3, 0.4) is 0 Å².